The van der Waals surface area contributed by atoms with E-state index in [2.05, 4.69) is 5.32 Å². The zero-order chi connectivity index (χ0) is 14.8. The minimum absolute atomic E-state index is 0.0263. The quantitative estimate of drug-likeness (QED) is 0.919. The maximum absolute atomic E-state index is 12.4. The molecule has 0 bridgehead atoms. The molecule has 1 aromatic carbocycles. The topological polar surface area (TPSA) is 69.7 Å². The molecule has 1 aromatic rings. The smallest absolute Gasteiger partial charge is 0.281 e. The molecule has 7 heteroatoms. The van der Waals surface area contributed by atoms with Crippen molar-refractivity contribution in [1.82, 2.24) is 4.90 Å². The Bertz CT molecular complexity index is 605. The van der Waals surface area contributed by atoms with Crippen molar-refractivity contribution in [1.29, 1.82) is 0 Å². The van der Waals surface area contributed by atoms with Crippen LogP contribution in [0.25, 0.3) is 0 Å². The van der Waals surface area contributed by atoms with Crippen molar-refractivity contribution in [2.45, 2.75) is 6.42 Å². The van der Waals surface area contributed by atoms with Crippen molar-refractivity contribution in [3.63, 3.8) is 0 Å². The molecule has 6 nitrogen and oxygen atoms in total. The molecule has 3 rings (SSSR count). The number of amides is 3. The van der Waals surface area contributed by atoms with Crippen LogP contribution in [0.2, 0.25) is 0 Å². The van der Waals surface area contributed by atoms with Gasteiger partial charge in [-0.2, -0.15) is 0 Å². The molecule has 0 atom stereocenters. The summed E-state index contributed by atoms with van der Waals surface area (Å²) in [6.45, 7) is 1.12. The lowest BCUT2D eigenvalue weighted by Crippen LogP contribution is -2.43. The fraction of sp³-hybridized carbons (Fsp3) is 0.357. The number of hydrogen-bond donors (Lipinski definition) is 1. The lowest BCUT2D eigenvalue weighted by atomic mass is 10.1. The first-order valence-corrected chi connectivity index (χ1v) is 7.74. The van der Waals surface area contributed by atoms with Crippen LogP contribution in [-0.2, 0) is 9.59 Å². The van der Waals surface area contributed by atoms with E-state index in [0.717, 1.165) is 5.75 Å². The van der Waals surface area contributed by atoms with Gasteiger partial charge in [-0.05, 0) is 12.1 Å². The molecule has 2 heterocycles. The van der Waals surface area contributed by atoms with E-state index in [4.69, 9.17) is 0 Å². The number of para-hydroxylation sites is 2. The number of nitrogens with one attached hydrogen (secondary N) is 1. The highest BCUT2D eigenvalue weighted by molar-refractivity contribution is 8.13. The van der Waals surface area contributed by atoms with Gasteiger partial charge in [0.2, 0.25) is 11.8 Å². The number of carbonyl (C=O) groups is 3. The van der Waals surface area contributed by atoms with E-state index in [1.807, 2.05) is 18.2 Å². The average Bonchev–Trinajstić information content (AvgIpc) is 2.89. The third-order valence-corrected chi connectivity index (χ3v) is 4.40. The molecule has 2 aliphatic rings. The molecule has 0 spiro atoms. The van der Waals surface area contributed by atoms with Gasteiger partial charge in [-0.3, -0.25) is 14.4 Å². The number of nitrogens with zero attached hydrogens (tertiary/aromatic N) is 2. The largest absolute Gasteiger partial charge is 0.332 e. The van der Waals surface area contributed by atoms with Gasteiger partial charge in [0.05, 0.1) is 11.4 Å². The van der Waals surface area contributed by atoms with Gasteiger partial charge in [-0.15, -0.1) is 0 Å². The Labute approximate surface area is 126 Å². The third kappa shape index (κ3) is 2.87. The summed E-state index contributed by atoms with van der Waals surface area (Å²) >= 11 is 1.28. The molecule has 0 saturated carbocycles. The molecule has 2 aliphatic heterocycles. The molecule has 0 aromatic heterocycles. The van der Waals surface area contributed by atoms with Gasteiger partial charge in [-0.1, -0.05) is 23.9 Å². The molecule has 1 fully saturated rings. The zero-order valence-corrected chi connectivity index (χ0v) is 12.2. The maximum Gasteiger partial charge on any atom is 0.281 e. The van der Waals surface area contributed by atoms with E-state index in [1.54, 1.807) is 11.0 Å². The second-order valence-corrected chi connectivity index (χ2v) is 5.94. The van der Waals surface area contributed by atoms with Crippen molar-refractivity contribution >= 4 is 40.2 Å². The molecule has 0 unspecified atom stereocenters. The Morgan fingerprint density at radius 2 is 2.10 bits per heavy atom. The number of hydrogen-bond acceptors (Lipinski definition) is 4. The third-order valence-electron chi connectivity index (χ3n) is 3.51. The fourth-order valence-electron chi connectivity index (χ4n) is 2.45. The predicted molar refractivity (Wildman–Crippen MR) is 81.5 cm³/mol. The van der Waals surface area contributed by atoms with Crippen LogP contribution < -0.4 is 10.2 Å². The minimum Gasteiger partial charge on any atom is -0.332 e. The number of rotatable bonds is 3. The van der Waals surface area contributed by atoms with Crippen LogP contribution in [0.5, 0.6) is 0 Å². The summed E-state index contributed by atoms with van der Waals surface area (Å²) in [4.78, 5) is 38.7. The summed E-state index contributed by atoms with van der Waals surface area (Å²) < 4.78 is 0. The summed E-state index contributed by atoms with van der Waals surface area (Å²) in [6.07, 6.45) is 0.230. The highest BCUT2D eigenvalue weighted by Gasteiger charge is 2.28. The summed E-state index contributed by atoms with van der Waals surface area (Å²) in [6, 6.07) is 7.22. The molecular weight excluding hydrogens is 290 g/mol. The van der Waals surface area contributed by atoms with Crippen molar-refractivity contribution < 1.29 is 14.4 Å². The summed E-state index contributed by atoms with van der Waals surface area (Å²) in [7, 11) is 0. The van der Waals surface area contributed by atoms with Gasteiger partial charge in [0.1, 0.15) is 6.54 Å². The van der Waals surface area contributed by atoms with Crippen molar-refractivity contribution in [2.75, 3.05) is 35.6 Å². The average molecular weight is 305 g/mol. The molecule has 110 valence electrons. The predicted octanol–water partition coefficient (Wildman–Crippen LogP) is 1.53. The highest BCUT2D eigenvalue weighted by atomic mass is 32.2. The van der Waals surface area contributed by atoms with Crippen LogP contribution in [-0.4, -0.2) is 47.3 Å². The van der Waals surface area contributed by atoms with Gasteiger partial charge in [-0.25, -0.2) is 0 Å². The molecule has 0 radical (unpaired) electrons. The van der Waals surface area contributed by atoms with Crippen LogP contribution in [0.15, 0.2) is 24.3 Å². The van der Waals surface area contributed by atoms with Crippen molar-refractivity contribution in [2.24, 2.45) is 0 Å². The minimum atomic E-state index is -0.199. The van der Waals surface area contributed by atoms with Crippen LogP contribution in [0.3, 0.4) is 0 Å². The number of carbonyl (C=O) groups excluding carboxylic acids is 3. The Morgan fingerprint density at radius 1 is 1.29 bits per heavy atom. The summed E-state index contributed by atoms with van der Waals surface area (Å²) in [5.74, 6) is 0.443. The van der Waals surface area contributed by atoms with Crippen LogP contribution in [0.4, 0.5) is 16.2 Å². The van der Waals surface area contributed by atoms with Gasteiger partial charge in [0.25, 0.3) is 5.24 Å². The van der Waals surface area contributed by atoms with Crippen LogP contribution in [0.1, 0.15) is 6.42 Å². The van der Waals surface area contributed by atoms with Crippen LogP contribution in [0, 0.1) is 0 Å². The Balaban J connectivity index is 1.70. The first kappa shape index (κ1) is 13.9. The van der Waals surface area contributed by atoms with E-state index in [9.17, 15) is 14.4 Å². The fourth-order valence-corrected chi connectivity index (χ4v) is 3.30. The van der Waals surface area contributed by atoms with Gasteiger partial charge < -0.3 is 15.1 Å². The zero-order valence-electron chi connectivity index (χ0n) is 11.4. The highest BCUT2D eigenvalue weighted by Crippen LogP contribution is 2.29. The van der Waals surface area contributed by atoms with E-state index in [0.29, 0.717) is 24.5 Å². The monoisotopic (exact) mass is 305 g/mol. The molecular formula is C14H15N3O3S. The maximum atomic E-state index is 12.4. The second-order valence-electron chi connectivity index (χ2n) is 4.90. The van der Waals surface area contributed by atoms with Gasteiger partial charge in [0.15, 0.2) is 0 Å². The first-order valence-electron chi connectivity index (χ1n) is 6.76. The molecule has 3 amide bonds. The molecule has 1 saturated heterocycles. The molecule has 0 aliphatic carbocycles. The van der Waals surface area contributed by atoms with E-state index >= 15 is 0 Å². The normalized spacial score (nSPS) is 17.7. The van der Waals surface area contributed by atoms with Crippen molar-refractivity contribution in [3.05, 3.63) is 24.3 Å². The second kappa shape index (κ2) is 5.77. The number of thioether (sulfide) groups is 1. The van der Waals surface area contributed by atoms with Crippen molar-refractivity contribution in [3.8, 4) is 0 Å². The Hall–Kier alpha value is -2.02. The molecule has 1 N–H and O–H groups in total. The lowest BCUT2D eigenvalue weighted by Gasteiger charge is -2.29. The first-order chi connectivity index (χ1) is 10.1. The summed E-state index contributed by atoms with van der Waals surface area (Å²) in [5.41, 5.74) is 1.36. The molecule has 21 heavy (non-hydrogen) atoms. The standard InChI is InChI=1S/C14H15N3O3S/c18-12-9-17(11-4-2-1-3-10(11)15-12)13(19)5-6-16-7-8-21-14(16)20/h1-4H,5-9H2,(H,15,18). The van der Waals surface area contributed by atoms with Gasteiger partial charge >= 0.3 is 0 Å². The van der Waals surface area contributed by atoms with E-state index in [-0.39, 0.29) is 30.0 Å². The Kier molecular flexibility index (Phi) is 3.83. The summed E-state index contributed by atoms with van der Waals surface area (Å²) in [5, 5.41) is 2.78. The number of fused-ring (bicyclic) bond motifs is 1. The SMILES string of the molecule is O=C1CN(C(=O)CCN2CCSC2=O)c2ccccc2N1. The van der Waals surface area contributed by atoms with Crippen LogP contribution >= 0.6 is 11.8 Å². The Morgan fingerprint density at radius 3 is 2.86 bits per heavy atom. The number of anilines is 2. The van der Waals surface area contributed by atoms with Gasteiger partial charge in [0, 0.05) is 25.3 Å². The van der Waals surface area contributed by atoms with E-state index < -0.39 is 0 Å². The lowest BCUT2D eigenvalue weighted by molar-refractivity contribution is -0.122. The number of benzene rings is 1. The van der Waals surface area contributed by atoms with E-state index in [1.165, 1.54) is 16.7 Å².